The largest absolute Gasteiger partial charge is 0.503 e. The molecule has 1 aromatic heterocycles. The van der Waals surface area contributed by atoms with Crippen LogP contribution in [0.3, 0.4) is 0 Å². The molecule has 0 atom stereocenters. The van der Waals surface area contributed by atoms with E-state index in [1.807, 2.05) is 48.5 Å². The molecule has 1 heterocycles. The highest BCUT2D eigenvalue weighted by molar-refractivity contribution is 6.15. The van der Waals surface area contributed by atoms with Gasteiger partial charge in [0.2, 0.25) is 5.88 Å². The molecule has 29 heavy (non-hydrogen) atoms. The van der Waals surface area contributed by atoms with Crippen molar-refractivity contribution in [3.05, 3.63) is 96.1 Å². The average Bonchev–Trinajstić information content (AvgIpc) is 3.05. The average molecular weight is 385 g/mol. The Kier molecular flexibility index (Phi) is 4.79. The van der Waals surface area contributed by atoms with Crippen LogP contribution in [-0.4, -0.2) is 27.7 Å². The van der Waals surface area contributed by atoms with Crippen molar-refractivity contribution in [3.63, 3.8) is 0 Å². The first-order valence-corrected chi connectivity index (χ1v) is 9.08. The lowest BCUT2D eigenvalue weighted by atomic mass is 9.99. The minimum atomic E-state index is -0.450. The quantitative estimate of drug-likeness (QED) is 0.484. The number of benzene rings is 3. The molecular weight excluding hydrogens is 366 g/mol. The Morgan fingerprint density at radius 1 is 0.828 bits per heavy atom. The van der Waals surface area contributed by atoms with Gasteiger partial charge in [-0.3, -0.25) is 9.36 Å². The van der Waals surface area contributed by atoms with Gasteiger partial charge in [-0.15, -0.1) is 0 Å². The van der Waals surface area contributed by atoms with Crippen LogP contribution in [0.5, 0.6) is 17.4 Å². The van der Waals surface area contributed by atoms with Crippen molar-refractivity contribution in [1.29, 1.82) is 0 Å². The molecule has 144 valence electrons. The maximum Gasteiger partial charge on any atom is 0.240 e. The highest BCUT2D eigenvalue weighted by Crippen LogP contribution is 2.43. The van der Waals surface area contributed by atoms with Gasteiger partial charge >= 0.3 is 0 Å². The third-order valence-corrected chi connectivity index (χ3v) is 4.76. The van der Waals surface area contributed by atoms with Crippen LogP contribution in [0.1, 0.15) is 15.9 Å². The highest BCUT2D eigenvalue weighted by Gasteiger charge is 2.29. The van der Waals surface area contributed by atoms with E-state index in [4.69, 9.17) is 4.74 Å². The summed E-state index contributed by atoms with van der Waals surface area (Å²) >= 11 is 0. The van der Waals surface area contributed by atoms with Gasteiger partial charge in [-0.1, -0.05) is 48.5 Å². The Morgan fingerprint density at radius 3 is 2.00 bits per heavy atom. The van der Waals surface area contributed by atoms with Crippen molar-refractivity contribution < 1.29 is 19.7 Å². The fraction of sp³-hybridized carbons (Fsp3) is 0.0417. The van der Waals surface area contributed by atoms with Crippen LogP contribution in [0.2, 0.25) is 0 Å². The first-order chi connectivity index (χ1) is 14.1. The maximum atomic E-state index is 13.3. The summed E-state index contributed by atoms with van der Waals surface area (Å²) in [5.41, 5.74) is 2.18. The summed E-state index contributed by atoms with van der Waals surface area (Å²) in [7, 11) is 1.55. The SMILES string of the molecule is COc1ccc(C(=O)c2c(O)c(O)n(-c3ccccc3)c2-c2ccccc2)cc1. The molecule has 4 rings (SSSR count). The third-order valence-electron chi connectivity index (χ3n) is 4.76. The zero-order valence-electron chi connectivity index (χ0n) is 15.7. The Bertz CT molecular complexity index is 1150. The normalized spacial score (nSPS) is 10.7. The van der Waals surface area contributed by atoms with Crippen molar-refractivity contribution in [2.75, 3.05) is 7.11 Å². The zero-order chi connectivity index (χ0) is 20.4. The molecule has 0 fully saturated rings. The number of ether oxygens (including phenoxy) is 1. The minimum absolute atomic E-state index is 0.0442. The van der Waals surface area contributed by atoms with E-state index in [-0.39, 0.29) is 11.4 Å². The van der Waals surface area contributed by atoms with Crippen LogP contribution in [0.4, 0.5) is 0 Å². The molecule has 3 aromatic carbocycles. The van der Waals surface area contributed by atoms with E-state index in [9.17, 15) is 15.0 Å². The number of rotatable bonds is 5. The molecule has 0 saturated heterocycles. The maximum absolute atomic E-state index is 13.3. The second-order valence-electron chi connectivity index (χ2n) is 6.49. The fourth-order valence-electron chi connectivity index (χ4n) is 3.35. The Balaban J connectivity index is 1.97. The lowest BCUT2D eigenvalue weighted by Gasteiger charge is -2.12. The molecule has 0 spiro atoms. The summed E-state index contributed by atoms with van der Waals surface area (Å²) in [6, 6.07) is 24.9. The van der Waals surface area contributed by atoms with Gasteiger partial charge in [0, 0.05) is 11.3 Å². The van der Waals surface area contributed by atoms with E-state index in [1.54, 1.807) is 43.5 Å². The van der Waals surface area contributed by atoms with E-state index in [0.29, 0.717) is 28.3 Å². The number of methoxy groups -OCH3 is 1. The number of carbonyl (C=O) groups excluding carboxylic acids is 1. The van der Waals surface area contributed by atoms with E-state index in [1.165, 1.54) is 4.57 Å². The predicted octanol–water partition coefficient (Wildman–Crippen LogP) is 4.80. The van der Waals surface area contributed by atoms with Crippen LogP contribution >= 0.6 is 0 Å². The van der Waals surface area contributed by atoms with Gasteiger partial charge in [0.05, 0.1) is 18.4 Å². The van der Waals surface area contributed by atoms with Gasteiger partial charge in [-0.25, -0.2) is 0 Å². The van der Waals surface area contributed by atoms with Gasteiger partial charge in [0.25, 0.3) is 0 Å². The van der Waals surface area contributed by atoms with E-state index in [2.05, 4.69) is 0 Å². The van der Waals surface area contributed by atoms with Crippen molar-refractivity contribution in [3.8, 4) is 34.3 Å². The van der Waals surface area contributed by atoms with E-state index >= 15 is 0 Å². The molecule has 5 nitrogen and oxygen atoms in total. The summed E-state index contributed by atoms with van der Waals surface area (Å²) < 4.78 is 6.64. The monoisotopic (exact) mass is 385 g/mol. The van der Waals surface area contributed by atoms with Gasteiger partial charge in [0.15, 0.2) is 11.5 Å². The van der Waals surface area contributed by atoms with Gasteiger partial charge in [-0.05, 0) is 42.0 Å². The molecule has 0 unspecified atom stereocenters. The molecule has 0 amide bonds. The van der Waals surface area contributed by atoms with Crippen molar-refractivity contribution in [1.82, 2.24) is 4.57 Å². The number of hydrogen-bond donors (Lipinski definition) is 2. The summed E-state index contributed by atoms with van der Waals surface area (Å²) in [5.74, 6) is -0.604. The van der Waals surface area contributed by atoms with Crippen molar-refractivity contribution in [2.24, 2.45) is 0 Å². The Labute approximate surface area is 168 Å². The molecule has 0 saturated carbocycles. The molecule has 2 N–H and O–H groups in total. The molecule has 0 aliphatic heterocycles. The van der Waals surface area contributed by atoms with E-state index in [0.717, 1.165) is 0 Å². The van der Waals surface area contributed by atoms with Crippen LogP contribution in [0.15, 0.2) is 84.9 Å². The molecule has 0 bridgehead atoms. The number of nitrogens with zero attached hydrogens (tertiary/aromatic N) is 1. The molecule has 0 radical (unpaired) electrons. The lowest BCUT2D eigenvalue weighted by molar-refractivity contribution is 0.103. The molecule has 5 heteroatoms. The first-order valence-electron chi connectivity index (χ1n) is 9.08. The predicted molar refractivity (Wildman–Crippen MR) is 111 cm³/mol. The smallest absolute Gasteiger partial charge is 0.240 e. The molecular formula is C24H19NO4. The third kappa shape index (κ3) is 3.23. The second kappa shape index (κ2) is 7.56. The minimum Gasteiger partial charge on any atom is -0.503 e. The van der Waals surface area contributed by atoms with Gasteiger partial charge in [-0.2, -0.15) is 0 Å². The Hall–Kier alpha value is -3.99. The summed E-state index contributed by atoms with van der Waals surface area (Å²) in [5, 5.41) is 21.5. The van der Waals surface area contributed by atoms with Gasteiger partial charge in [0.1, 0.15) is 5.75 Å². The van der Waals surface area contributed by atoms with E-state index < -0.39 is 11.5 Å². The number of aromatic nitrogens is 1. The zero-order valence-corrected chi connectivity index (χ0v) is 15.7. The molecule has 0 aliphatic carbocycles. The van der Waals surface area contributed by atoms with Crippen LogP contribution in [-0.2, 0) is 0 Å². The lowest BCUT2D eigenvalue weighted by Crippen LogP contribution is -2.05. The van der Waals surface area contributed by atoms with Crippen LogP contribution in [0.25, 0.3) is 16.9 Å². The standard InChI is InChI=1S/C24H19NO4/c1-29-19-14-12-17(13-15-19)22(26)20-21(16-8-4-2-5-9-16)25(24(28)23(20)27)18-10-6-3-7-11-18/h2-15,27-28H,1H3. The number of carbonyl (C=O) groups is 1. The number of para-hydroxylation sites is 1. The van der Waals surface area contributed by atoms with Crippen molar-refractivity contribution in [2.45, 2.75) is 0 Å². The molecule has 4 aromatic rings. The molecule has 0 aliphatic rings. The topological polar surface area (TPSA) is 71.7 Å². The highest BCUT2D eigenvalue weighted by atomic mass is 16.5. The summed E-state index contributed by atoms with van der Waals surface area (Å²) in [4.78, 5) is 13.3. The van der Waals surface area contributed by atoms with Crippen LogP contribution in [0, 0.1) is 0 Å². The second-order valence-corrected chi connectivity index (χ2v) is 6.49. The van der Waals surface area contributed by atoms with Crippen LogP contribution < -0.4 is 4.74 Å². The Morgan fingerprint density at radius 2 is 1.41 bits per heavy atom. The van der Waals surface area contributed by atoms with Crippen molar-refractivity contribution >= 4 is 5.78 Å². The first kappa shape index (κ1) is 18.4. The summed E-state index contributed by atoms with van der Waals surface area (Å²) in [6.07, 6.45) is 0. The fourth-order valence-corrected chi connectivity index (χ4v) is 3.35. The number of aromatic hydroxyl groups is 2. The summed E-state index contributed by atoms with van der Waals surface area (Å²) in [6.45, 7) is 0. The number of hydrogen-bond acceptors (Lipinski definition) is 4. The number of ketones is 1. The van der Waals surface area contributed by atoms with Gasteiger partial charge < -0.3 is 14.9 Å².